The average molecular weight is 354 g/mol. The van der Waals surface area contributed by atoms with Gasteiger partial charge >= 0.3 is 6.18 Å². The van der Waals surface area contributed by atoms with Crippen LogP contribution in [-0.2, 0) is 19.5 Å². The number of hydrogen-bond acceptors (Lipinski definition) is 4. The molecule has 4 rings (SSSR count). The van der Waals surface area contributed by atoms with Crippen LogP contribution in [-0.4, -0.2) is 37.0 Å². The summed E-state index contributed by atoms with van der Waals surface area (Å²) >= 11 is 0. The van der Waals surface area contributed by atoms with Crippen LogP contribution in [0.2, 0.25) is 0 Å². The molecule has 25 heavy (non-hydrogen) atoms. The highest BCUT2D eigenvalue weighted by Crippen LogP contribution is 2.39. The summed E-state index contributed by atoms with van der Waals surface area (Å²) in [7, 11) is 0. The van der Waals surface area contributed by atoms with E-state index < -0.39 is 12.1 Å². The first-order valence-electron chi connectivity index (χ1n) is 8.23. The summed E-state index contributed by atoms with van der Waals surface area (Å²) in [4.78, 5) is 12.1. The molecule has 1 amide bonds. The molecular weight excluding hydrogens is 337 g/mol. The van der Waals surface area contributed by atoms with Gasteiger partial charge in [0.2, 0.25) is 0 Å². The maximum Gasteiger partial charge on any atom is 0.392 e. The van der Waals surface area contributed by atoms with Crippen molar-refractivity contribution in [3.05, 3.63) is 29.1 Å². The average Bonchev–Trinajstić information content (AvgIpc) is 3.16. The number of carbonyl (C=O) groups excluding carboxylic acids is 1. The summed E-state index contributed by atoms with van der Waals surface area (Å²) in [5.41, 5.74) is 1.26. The molecule has 3 heterocycles. The summed E-state index contributed by atoms with van der Waals surface area (Å²) in [6, 6.07) is 1.74. The number of nitrogens with zero attached hydrogens (tertiary/aromatic N) is 4. The van der Waals surface area contributed by atoms with E-state index in [1.54, 1.807) is 10.6 Å². The second kappa shape index (κ2) is 5.85. The lowest BCUT2D eigenvalue weighted by molar-refractivity contribution is -0.179. The van der Waals surface area contributed by atoms with Gasteiger partial charge in [-0.3, -0.25) is 9.89 Å². The minimum absolute atomic E-state index is 0.000396. The Labute approximate surface area is 141 Å². The smallest absolute Gasteiger partial charge is 0.343 e. The summed E-state index contributed by atoms with van der Waals surface area (Å²) in [5, 5.41) is 17.3. The Balaban J connectivity index is 1.39. The predicted octanol–water partition coefficient (Wildman–Crippen LogP) is 1.93. The number of aromatic nitrogens is 5. The number of aromatic amines is 1. The van der Waals surface area contributed by atoms with Crippen LogP contribution in [0.3, 0.4) is 0 Å². The molecule has 1 atom stereocenters. The first-order chi connectivity index (χ1) is 11.9. The molecule has 1 aliphatic carbocycles. The lowest BCUT2D eigenvalue weighted by Gasteiger charge is -2.25. The monoisotopic (exact) mass is 354 g/mol. The highest BCUT2D eigenvalue weighted by molar-refractivity contribution is 5.92. The van der Waals surface area contributed by atoms with Crippen LogP contribution in [0.1, 0.15) is 53.0 Å². The van der Waals surface area contributed by atoms with E-state index in [-0.39, 0.29) is 31.8 Å². The standard InChI is InChI=1S/C15H17F3N6O/c16-15(17,18)9-3-4-24-12(5-9)22-23-13(24)7-19-14(25)11-6-10(20-21-11)8-1-2-8/h6,8-9H,1-5,7H2,(H,19,25)(H,20,21)/t9-/m1/s1. The first-order valence-corrected chi connectivity index (χ1v) is 8.23. The highest BCUT2D eigenvalue weighted by atomic mass is 19.4. The molecule has 1 saturated carbocycles. The van der Waals surface area contributed by atoms with Crippen molar-refractivity contribution in [1.82, 2.24) is 30.3 Å². The van der Waals surface area contributed by atoms with Gasteiger partial charge in [-0.1, -0.05) is 0 Å². The van der Waals surface area contributed by atoms with E-state index in [0.717, 1.165) is 18.5 Å². The fourth-order valence-corrected chi connectivity index (χ4v) is 3.11. The summed E-state index contributed by atoms with van der Waals surface area (Å²) in [6.07, 6.45) is -2.18. The molecule has 0 saturated heterocycles. The fourth-order valence-electron chi connectivity index (χ4n) is 3.11. The Bertz CT molecular complexity index is 792. The zero-order valence-corrected chi connectivity index (χ0v) is 13.3. The molecule has 1 aliphatic heterocycles. The number of fused-ring (bicyclic) bond motifs is 1. The molecule has 1 fully saturated rings. The molecule has 2 aromatic rings. The Morgan fingerprint density at radius 3 is 2.84 bits per heavy atom. The summed E-state index contributed by atoms with van der Waals surface area (Å²) in [6.45, 7) is 0.306. The van der Waals surface area contributed by atoms with E-state index in [2.05, 4.69) is 25.7 Å². The van der Waals surface area contributed by atoms with Crippen molar-refractivity contribution in [1.29, 1.82) is 0 Å². The Kier molecular flexibility index (Phi) is 3.77. The van der Waals surface area contributed by atoms with E-state index in [1.165, 1.54) is 0 Å². The van der Waals surface area contributed by atoms with Gasteiger partial charge in [0.15, 0.2) is 5.82 Å². The molecular formula is C15H17F3N6O. The number of alkyl halides is 3. The van der Waals surface area contributed by atoms with Crippen molar-refractivity contribution in [3.63, 3.8) is 0 Å². The number of rotatable bonds is 4. The van der Waals surface area contributed by atoms with Crippen molar-refractivity contribution < 1.29 is 18.0 Å². The molecule has 7 nitrogen and oxygen atoms in total. The van der Waals surface area contributed by atoms with Crippen LogP contribution < -0.4 is 5.32 Å². The minimum Gasteiger partial charge on any atom is -0.343 e. The Hall–Kier alpha value is -2.39. The number of nitrogens with one attached hydrogen (secondary N) is 2. The molecule has 2 N–H and O–H groups in total. The van der Waals surface area contributed by atoms with Crippen LogP contribution in [0.15, 0.2) is 6.07 Å². The van der Waals surface area contributed by atoms with Gasteiger partial charge in [-0.25, -0.2) is 0 Å². The lowest BCUT2D eigenvalue weighted by Crippen LogP contribution is -2.32. The molecule has 0 radical (unpaired) electrons. The van der Waals surface area contributed by atoms with Crippen LogP contribution >= 0.6 is 0 Å². The maximum atomic E-state index is 12.8. The van der Waals surface area contributed by atoms with Crippen molar-refractivity contribution in [2.24, 2.45) is 5.92 Å². The van der Waals surface area contributed by atoms with Gasteiger partial charge in [-0.15, -0.1) is 10.2 Å². The van der Waals surface area contributed by atoms with Crippen molar-refractivity contribution in [2.75, 3.05) is 0 Å². The van der Waals surface area contributed by atoms with Crippen molar-refractivity contribution in [2.45, 2.75) is 50.9 Å². The minimum atomic E-state index is -4.22. The van der Waals surface area contributed by atoms with E-state index >= 15 is 0 Å². The number of hydrogen-bond donors (Lipinski definition) is 2. The van der Waals surface area contributed by atoms with E-state index in [1.807, 2.05) is 0 Å². The first kappa shape index (κ1) is 16.1. The quantitative estimate of drug-likeness (QED) is 0.878. The Morgan fingerprint density at radius 1 is 1.32 bits per heavy atom. The van der Waals surface area contributed by atoms with Crippen LogP contribution in [0.5, 0.6) is 0 Å². The van der Waals surface area contributed by atoms with Gasteiger partial charge < -0.3 is 9.88 Å². The summed E-state index contributed by atoms with van der Waals surface area (Å²) in [5.74, 6) is -0.476. The SMILES string of the molecule is O=C(NCc1nnc2n1CC[C@@H](C(F)(F)F)C2)c1cc(C2CC2)[nH]n1. The van der Waals surface area contributed by atoms with Crippen LogP contribution in [0.4, 0.5) is 13.2 Å². The van der Waals surface area contributed by atoms with Gasteiger partial charge in [-0.2, -0.15) is 18.3 Å². The molecule has 0 spiro atoms. The zero-order valence-electron chi connectivity index (χ0n) is 13.3. The molecule has 0 unspecified atom stereocenters. The van der Waals surface area contributed by atoms with Gasteiger partial charge in [0, 0.05) is 24.6 Å². The van der Waals surface area contributed by atoms with E-state index in [9.17, 15) is 18.0 Å². The van der Waals surface area contributed by atoms with E-state index in [4.69, 9.17) is 0 Å². The van der Waals surface area contributed by atoms with Crippen molar-refractivity contribution in [3.8, 4) is 0 Å². The molecule has 2 aromatic heterocycles. The predicted molar refractivity (Wildman–Crippen MR) is 79.6 cm³/mol. The van der Waals surface area contributed by atoms with Crippen LogP contribution in [0, 0.1) is 5.92 Å². The van der Waals surface area contributed by atoms with Gasteiger partial charge in [0.1, 0.15) is 11.5 Å². The topological polar surface area (TPSA) is 88.5 Å². The van der Waals surface area contributed by atoms with Gasteiger partial charge in [0.05, 0.1) is 12.5 Å². The zero-order chi connectivity index (χ0) is 17.6. The van der Waals surface area contributed by atoms with Crippen molar-refractivity contribution >= 4 is 5.91 Å². The normalized spacial score (nSPS) is 20.4. The lowest BCUT2D eigenvalue weighted by atomic mass is 9.97. The van der Waals surface area contributed by atoms with Gasteiger partial charge in [0.25, 0.3) is 5.91 Å². The third-order valence-electron chi connectivity index (χ3n) is 4.75. The second-order valence-electron chi connectivity index (χ2n) is 6.58. The maximum absolute atomic E-state index is 12.8. The van der Waals surface area contributed by atoms with E-state index in [0.29, 0.717) is 23.3 Å². The number of H-pyrrole nitrogens is 1. The molecule has 0 aromatic carbocycles. The number of halogens is 3. The largest absolute Gasteiger partial charge is 0.392 e. The van der Waals surface area contributed by atoms with Gasteiger partial charge in [-0.05, 0) is 25.3 Å². The summed E-state index contributed by atoms with van der Waals surface area (Å²) < 4.78 is 40.1. The second-order valence-corrected chi connectivity index (χ2v) is 6.58. The molecule has 0 bridgehead atoms. The molecule has 10 heteroatoms. The third kappa shape index (κ3) is 3.24. The highest BCUT2D eigenvalue weighted by Gasteiger charge is 2.42. The number of carbonyl (C=O) groups is 1. The third-order valence-corrected chi connectivity index (χ3v) is 4.75. The number of amides is 1. The molecule has 2 aliphatic rings. The Morgan fingerprint density at radius 2 is 2.12 bits per heavy atom. The fraction of sp³-hybridized carbons (Fsp3) is 0.600. The van der Waals surface area contributed by atoms with Crippen LogP contribution in [0.25, 0.3) is 0 Å². The molecule has 134 valence electrons.